The maximum absolute atomic E-state index is 11.8. The molecule has 0 saturated carbocycles. The molecule has 130 valence electrons. The molecule has 0 radical (unpaired) electrons. The summed E-state index contributed by atoms with van der Waals surface area (Å²) >= 11 is 0. The van der Waals surface area contributed by atoms with Gasteiger partial charge in [0.1, 0.15) is 6.54 Å². The second kappa shape index (κ2) is 11.5. The van der Waals surface area contributed by atoms with Gasteiger partial charge in [-0.2, -0.15) is 0 Å². The van der Waals surface area contributed by atoms with Gasteiger partial charge in [-0.1, -0.05) is 45.4 Å². The summed E-state index contributed by atoms with van der Waals surface area (Å²) in [6.45, 7) is 2.70. The summed E-state index contributed by atoms with van der Waals surface area (Å²) in [4.78, 5) is 22.7. The average Bonchev–Trinajstić information content (AvgIpc) is 2.34. The van der Waals surface area contributed by atoms with Gasteiger partial charge in [0.15, 0.2) is 6.10 Å². The summed E-state index contributed by atoms with van der Waals surface area (Å²) in [6.07, 6.45) is 7.76. The van der Waals surface area contributed by atoms with E-state index in [1.807, 2.05) is 21.1 Å². The Labute approximate surface area is 135 Å². The fourth-order valence-electron chi connectivity index (χ4n) is 2.42. The number of carboxylic acids is 1. The number of nitrogens with zero attached hydrogens (tertiary/aromatic N) is 1. The van der Waals surface area contributed by atoms with Gasteiger partial charge in [-0.3, -0.25) is 9.59 Å². The molecule has 0 amide bonds. The van der Waals surface area contributed by atoms with Crippen LogP contribution >= 0.6 is 0 Å². The molecular weight excluding hydrogens is 282 g/mol. The van der Waals surface area contributed by atoms with Gasteiger partial charge in [-0.15, -0.1) is 0 Å². The first kappa shape index (κ1) is 20.9. The van der Waals surface area contributed by atoms with E-state index in [9.17, 15) is 9.59 Å². The SMILES string of the molecule is CCCCCCCCCC(=O)O[C@@H](CC(=O)O)C[N+](C)(C)C. The Kier molecular flexibility index (Phi) is 10.9. The zero-order valence-corrected chi connectivity index (χ0v) is 14.8. The number of esters is 1. The van der Waals surface area contributed by atoms with Crippen LogP contribution in [0.5, 0.6) is 0 Å². The van der Waals surface area contributed by atoms with Gasteiger partial charge >= 0.3 is 11.9 Å². The Bertz CT molecular complexity index is 323. The Hall–Kier alpha value is -1.10. The zero-order chi connectivity index (χ0) is 17.0. The molecule has 1 atom stereocenters. The predicted molar refractivity (Wildman–Crippen MR) is 87.6 cm³/mol. The molecule has 5 nitrogen and oxygen atoms in total. The molecule has 0 saturated heterocycles. The number of aliphatic carboxylic acids is 1. The quantitative estimate of drug-likeness (QED) is 0.322. The van der Waals surface area contributed by atoms with Crippen molar-refractivity contribution in [3.8, 4) is 0 Å². The van der Waals surface area contributed by atoms with Crippen LogP contribution in [0, 0.1) is 0 Å². The Morgan fingerprint density at radius 1 is 1.00 bits per heavy atom. The maximum atomic E-state index is 11.8. The summed E-state index contributed by atoms with van der Waals surface area (Å²) in [6, 6.07) is 0. The van der Waals surface area contributed by atoms with E-state index in [-0.39, 0.29) is 12.4 Å². The van der Waals surface area contributed by atoms with Crippen LogP contribution in [-0.4, -0.2) is 55.3 Å². The molecule has 0 spiro atoms. The van der Waals surface area contributed by atoms with Crippen molar-refractivity contribution in [1.29, 1.82) is 0 Å². The smallest absolute Gasteiger partial charge is 0.307 e. The summed E-state index contributed by atoms with van der Waals surface area (Å²) in [5.74, 6) is -1.20. The number of ether oxygens (including phenoxy) is 1. The summed E-state index contributed by atoms with van der Waals surface area (Å²) < 4.78 is 5.92. The van der Waals surface area contributed by atoms with Crippen LogP contribution < -0.4 is 0 Å². The highest BCUT2D eigenvalue weighted by molar-refractivity contribution is 5.71. The third-order valence-corrected chi connectivity index (χ3v) is 3.44. The molecule has 0 aliphatic heterocycles. The van der Waals surface area contributed by atoms with Gasteiger partial charge in [-0.25, -0.2) is 0 Å². The molecule has 0 unspecified atom stereocenters. The second-order valence-corrected chi connectivity index (χ2v) is 7.05. The fourth-order valence-corrected chi connectivity index (χ4v) is 2.42. The van der Waals surface area contributed by atoms with E-state index in [2.05, 4.69) is 6.92 Å². The second-order valence-electron chi connectivity index (χ2n) is 7.05. The largest absolute Gasteiger partial charge is 0.481 e. The minimum absolute atomic E-state index is 0.127. The van der Waals surface area contributed by atoms with Gasteiger partial charge in [0, 0.05) is 6.42 Å². The highest BCUT2D eigenvalue weighted by Crippen LogP contribution is 2.11. The van der Waals surface area contributed by atoms with E-state index >= 15 is 0 Å². The van der Waals surface area contributed by atoms with E-state index in [4.69, 9.17) is 9.84 Å². The number of carboxylic acid groups (broad SMARTS) is 1. The van der Waals surface area contributed by atoms with Crippen LogP contribution in [-0.2, 0) is 14.3 Å². The van der Waals surface area contributed by atoms with E-state index < -0.39 is 12.1 Å². The minimum atomic E-state index is -0.929. The van der Waals surface area contributed by atoms with Crippen LogP contribution in [0.2, 0.25) is 0 Å². The van der Waals surface area contributed by atoms with Gasteiger partial charge in [0.2, 0.25) is 0 Å². The van der Waals surface area contributed by atoms with Gasteiger partial charge in [0.25, 0.3) is 0 Å². The molecule has 0 aromatic rings. The van der Waals surface area contributed by atoms with Crippen molar-refractivity contribution in [2.45, 2.75) is 70.8 Å². The number of carbonyl (C=O) groups is 2. The molecule has 0 aliphatic carbocycles. The van der Waals surface area contributed by atoms with E-state index in [1.165, 1.54) is 25.7 Å². The van der Waals surface area contributed by atoms with Gasteiger partial charge in [0.05, 0.1) is 27.6 Å². The standard InChI is InChI=1S/C17H33NO4/c1-5-6-7-8-9-10-11-12-17(21)22-15(13-16(19)20)14-18(2,3)4/h15H,5-14H2,1-4H3/p+1/t15-/m0/s1. The lowest BCUT2D eigenvalue weighted by Gasteiger charge is -2.28. The van der Waals surface area contributed by atoms with Crippen molar-refractivity contribution in [3.63, 3.8) is 0 Å². The third-order valence-electron chi connectivity index (χ3n) is 3.44. The van der Waals surface area contributed by atoms with Crippen molar-refractivity contribution in [2.75, 3.05) is 27.7 Å². The number of hydrogen-bond donors (Lipinski definition) is 1. The molecule has 0 heterocycles. The first-order chi connectivity index (χ1) is 10.2. The van der Waals surface area contributed by atoms with Crippen molar-refractivity contribution >= 4 is 11.9 Å². The third kappa shape index (κ3) is 13.9. The highest BCUT2D eigenvalue weighted by Gasteiger charge is 2.24. The van der Waals surface area contributed by atoms with E-state index in [0.717, 1.165) is 19.3 Å². The molecule has 0 rings (SSSR count). The van der Waals surface area contributed by atoms with Crippen LogP contribution in [0.4, 0.5) is 0 Å². The molecule has 5 heteroatoms. The Morgan fingerprint density at radius 2 is 1.55 bits per heavy atom. The van der Waals surface area contributed by atoms with Crippen molar-refractivity contribution in [3.05, 3.63) is 0 Å². The number of unbranched alkanes of at least 4 members (excludes halogenated alkanes) is 6. The number of hydrogen-bond acceptors (Lipinski definition) is 3. The lowest BCUT2D eigenvalue weighted by atomic mass is 10.1. The molecule has 22 heavy (non-hydrogen) atoms. The van der Waals surface area contributed by atoms with Crippen LogP contribution in [0.1, 0.15) is 64.7 Å². The maximum Gasteiger partial charge on any atom is 0.307 e. The molecule has 0 aromatic heterocycles. The molecule has 0 aliphatic rings. The van der Waals surface area contributed by atoms with E-state index in [0.29, 0.717) is 17.4 Å². The zero-order valence-electron chi connectivity index (χ0n) is 14.8. The van der Waals surface area contributed by atoms with Crippen molar-refractivity contribution in [2.24, 2.45) is 0 Å². The Balaban J connectivity index is 3.94. The number of quaternary nitrogens is 1. The first-order valence-electron chi connectivity index (χ1n) is 8.46. The predicted octanol–water partition coefficient (Wildman–Crippen LogP) is 3.22. The molecule has 1 N–H and O–H groups in total. The van der Waals surface area contributed by atoms with Gasteiger partial charge < -0.3 is 14.3 Å². The van der Waals surface area contributed by atoms with Crippen LogP contribution in [0.3, 0.4) is 0 Å². The average molecular weight is 316 g/mol. The lowest BCUT2D eigenvalue weighted by molar-refractivity contribution is -0.873. The van der Waals surface area contributed by atoms with Gasteiger partial charge in [-0.05, 0) is 6.42 Å². The highest BCUT2D eigenvalue weighted by atomic mass is 16.5. The van der Waals surface area contributed by atoms with E-state index in [1.54, 1.807) is 0 Å². The minimum Gasteiger partial charge on any atom is -0.481 e. The summed E-state index contributed by atoms with van der Waals surface area (Å²) in [5, 5.41) is 8.91. The number of carbonyl (C=O) groups excluding carboxylic acids is 1. The molecular formula is C17H34NO4+. The molecule has 0 bridgehead atoms. The molecule has 0 fully saturated rings. The normalized spacial score (nSPS) is 12.9. The molecule has 0 aromatic carbocycles. The summed E-state index contributed by atoms with van der Waals surface area (Å²) in [5.41, 5.74) is 0. The lowest BCUT2D eigenvalue weighted by Crippen LogP contribution is -2.43. The van der Waals surface area contributed by atoms with Crippen molar-refractivity contribution < 1.29 is 23.9 Å². The summed E-state index contributed by atoms with van der Waals surface area (Å²) in [7, 11) is 5.87. The fraction of sp³-hybridized carbons (Fsp3) is 0.882. The van der Waals surface area contributed by atoms with Crippen LogP contribution in [0.25, 0.3) is 0 Å². The Morgan fingerprint density at radius 3 is 2.05 bits per heavy atom. The first-order valence-corrected chi connectivity index (χ1v) is 8.46. The monoisotopic (exact) mass is 316 g/mol. The topological polar surface area (TPSA) is 63.6 Å². The van der Waals surface area contributed by atoms with Crippen molar-refractivity contribution in [1.82, 2.24) is 0 Å². The number of likely N-dealkylation sites (N-methyl/N-ethyl adjacent to an activating group) is 1. The van der Waals surface area contributed by atoms with Crippen LogP contribution in [0.15, 0.2) is 0 Å². The number of rotatable bonds is 13.